The van der Waals surface area contributed by atoms with Crippen LogP contribution in [0.1, 0.15) is 35.7 Å². The summed E-state index contributed by atoms with van der Waals surface area (Å²) < 4.78 is 1.76. The summed E-state index contributed by atoms with van der Waals surface area (Å²) >= 11 is 0. The fourth-order valence-electron chi connectivity index (χ4n) is 3.56. The summed E-state index contributed by atoms with van der Waals surface area (Å²) in [5.41, 5.74) is 2.41. The van der Waals surface area contributed by atoms with Gasteiger partial charge in [0.2, 0.25) is 5.91 Å². The summed E-state index contributed by atoms with van der Waals surface area (Å²) in [6, 6.07) is 7.11. The van der Waals surface area contributed by atoms with Gasteiger partial charge in [-0.25, -0.2) is 0 Å². The first-order valence-electron chi connectivity index (χ1n) is 9.43. The summed E-state index contributed by atoms with van der Waals surface area (Å²) in [6.07, 6.45) is 3.79. The molecule has 1 aromatic carbocycles. The summed E-state index contributed by atoms with van der Waals surface area (Å²) in [6.45, 7) is 6.69. The number of amides is 2. The lowest BCUT2D eigenvalue weighted by Gasteiger charge is -2.19. The molecule has 1 aromatic heterocycles. The highest BCUT2D eigenvalue weighted by Gasteiger charge is 2.34. The number of hydrogen-bond donors (Lipinski definition) is 2. The first-order chi connectivity index (χ1) is 13.0. The highest BCUT2D eigenvalue weighted by molar-refractivity contribution is 5.96. The molecule has 2 amide bonds. The molecule has 2 N–H and O–H groups in total. The highest BCUT2D eigenvalue weighted by atomic mass is 35.5. The Morgan fingerprint density at radius 1 is 1.21 bits per heavy atom. The Morgan fingerprint density at radius 3 is 2.46 bits per heavy atom. The van der Waals surface area contributed by atoms with E-state index in [1.165, 1.54) is 0 Å². The van der Waals surface area contributed by atoms with Crippen LogP contribution in [0, 0.1) is 5.92 Å². The van der Waals surface area contributed by atoms with Gasteiger partial charge in [-0.15, -0.1) is 12.4 Å². The number of hydrogen-bond acceptors (Lipinski definition) is 4. The second-order valence-electron chi connectivity index (χ2n) is 6.86. The number of rotatable bonds is 6. The minimum Gasteiger partial charge on any atom is -0.339 e. The molecular weight excluding hydrogens is 378 g/mol. The van der Waals surface area contributed by atoms with Crippen molar-refractivity contribution in [3.63, 3.8) is 0 Å². The summed E-state index contributed by atoms with van der Waals surface area (Å²) in [5, 5.41) is 10.5. The molecule has 7 nitrogen and oxygen atoms in total. The maximum Gasteiger partial charge on any atom is 0.253 e. The lowest BCUT2D eigenvalue weighted by Crippen LogP contribution is -2.30. The van der Waals surface area contributed by atoms with Crippen molar-refractivity contribution >= 4 is 29.9 Å². The zero-order valence-electron chi connectivity index (χ0n) is 16.5. The van der Waals surface area contributed by atoms with Gasteiger partial charge in [0.05, 0.1) is 12.1 Å². The standard InChI is InChI=1S/C20H27N5O2.ClH/c1-4-25(5-2)20(27)14-6-8-16(9-7-14)23-19(26)18-12-21-11-17(18)15-10-22-24(3)13-15;/h6-10,13,17-18,21H,4-5,11-12H2,1-3H3,(H,23,26);1H/t17-,18+;/m1./s1. The molecule has 1 fully saturated rings. The van der Waals surface area contributed by atoms with Gasteiger partial charge in [0.15, 0.2) is 0 Å². The fourth-order valence-corrected chi connectivity index (χ4v) is 3.56. The third-order valence-electron chi connectivity index (χ3n) is 5.15. The van der Waals surface area contributed by atoms with E-state index in [2.05, 4.69) is 15.7 Å². The Balaban J connectivity index is 0.00000280. The van der Waals surface area contributed by atoms with E-state index in [4.69, 9.17) is 0 Å². The zero-order valence-corrected chi connectivity index (χ0v) is 17.3. The smallest absolute Gasteiger partial charge is 0.253 e. The van der Waals surface area contributed by atoms with E-state index in [9.17, 15) is 9.59 Å². The van der Waals surface area contributed by atoms with Crippen molar-refractivity contribution < 1.29 is 9.59 Å². The summed E-state index contributed by atoms with van der Waals surface area (Å²) in [5.74, 6) is -0.0421. The average molecular weight is 406 g/mol. The molecule has 152 valence electrons. The minimum absolute atomic E-state index is 0. The molecule has 8 heteroatoms. The first kappa shape index (κ1) is 21.9. The van der Waals surface area contributed by atoms with Gasteiger partial charge in [0, 0.05) is 56.6 Å². The first-order valence-corrected chi connectivity index (χ1v) is 9.43. The predicted octanol–water partition coefficient (Wildman–Crippen LogP) is 2.27. The van der Waals surface area contributed by atoms with E-state index in [-0.39, 0.29) is 36.1 Å². The lowest BCUT2D eigenvalue weighted by molar-refractivity contribution is -0.119. The topological polar surface area (TPSA) is 79.3 Å². The Kier molecular flexibility index (Phi) is 7.60. The van der Waals surface area contributed by atoms with Gasteiger partial charge in [0.1, 0.15) is 0 Å². The molecule has 3 rings (SSSR count). The molecule has 1 saturated heterocycles. The molecule has 28 heavy (non-hydrogen) atoms. The normalized spacial score (nSPS) is 18.4. The molecular formula is C20H28ClN5O2. The van der Waals surface area contributed by atoms with Crippen LogP contribution in [-0.2, 0) is 11.8 Å². The highest BCUT2D eigenvalue weighted by Crippen LogP contribution is 2.29. The molecule has 0 bridgehead atoms. The number of nitrogens with one attached hydrogen (secondary N) is 2. The van der Waals surface area contributed by atoms with Crippen molar-refractivity contribution in [3.05, 3.63) is 47.8 Å². The van der Waals surface area contributed by atoms with Crippen LogP contribution in [0.5, 0.6) is 0 Å². The van der Waals surface area contributed by atoms with Crippen LogP contribution in [0.2, 0.25) is 0 Å². The largest absolute Gasteiger partial charge is 0.339 e. The third kappa shape index (κ3) is 4.72. The Morgan fingerprint density at radius 2 is 1.89 bits per heavy atom. The molecule has 0 aliphatic carbocycles. The SMILES string of the molecule is CCN(CC)C(=O)c1ccc(NC(=O)[C@H]2CNC[C@@H]2c2cnn(C)c2)cc1.Cl. The maximum absolute atomic E-state index is 12.8. The Labute approximate surface area is 171 Å². The van der Waals surface area contributed by atoms with Crippen LogP contribution in [0.3, 0.4) is 0 Å². The molecule has 0 saturated carbocycles. The van der Waals surface area contributed by atoms with Crippen molar-refractivity contribution in [2.45, 2.75) is 19.8 Å². The predicted molar refractivity (Wildman–Crippen MR) is 112 cm³/mol. The molecule has 2 aromatic rings. The van der Waals surface area contributed by atoms with Gasteiger partial charge in [-0.05, 0) is 43.7 Å². The fraction of sp³-hybridized carbons (Fsp3) is 0.450. The summed E-state index contributed by atoms with van der Waals surface area (Å²) in [4.78, 5) is 26.9. The van der Waals surface area contributed by atoms with Crippen molar-refractivity contribution in [2.75, 3.05) is 31.5 Å². The minimum atomic E-state index is -0.147. The second-order valence-corrected chi connectivity index (χ2v) is 6.86. The monoisotopic (exact) mass is 405 g/mol. The van der Waals surface area contributed by atoms with E-state index in [1.54, 1.807) is 33.8 Å². The number of carbonyl (C=O) groups excluding carboxylic acids is 2. The van der Waals surface area contributed by atoms with Crippen molar-refractivity contribution in [1.29, 1.82) is 0 Å². The van der Waals surface area contributed by atoms with Gasteiger partial charge in [-0.3, -0.25) is 14.3 Å². The van der Waals surface area contributed by atoms with E-state index in [1.807, 2.05) is 33.3 Å². The van der Waals surface area contributed by atoms with Crippen LogP contribution < -0.4 is 10.6 Å². The van der Waals surface area contributed by atoms with Gasteiger partial charge in [-0.1, -0.05) is 0 Å². The second kappa shape index (κ2) is 9.71. The number of benzene rings is 1. The number of nitrogens with zero attached hydrogens (tertiary/aromatic N) is 3. The number of aryl methyl sites for hydroxylation is 1. The maximum atomic E-state index is 12.8. The molecule has 2 heterocycles. The average Bonchev–Trinajstić information content (AvgIpc) is 3.32. The number of anilines is 1. The number of carbonyl (C=O) groups is 2. The number of aromatic nitrogens is 2. The van der Waals surface area contributed by atoms with Crippen LogP contribution in [-0.4, -0.2) is 52.7 Å². The van der Waals surface area contributed by atoms with Crippen molar-refractivity contribution in [2.24, 2.45) is 13.0 Å². The van der Waals surface area contributed by atoms with Crippen LogP contribution >= 0.6 is 12.4 Å². The van der Waals surface area contributed by atoms with Gasteiger partial charge in [0.25, 0.3) is 5.91 Å². The van der Waals surface area contributed by atoms with Crippen molar-refractivity contribution in [1.82, 2.24) is 20.0 Å². The molecule has 0 radical (unpaired) electrons. The summed E-state index contributed by atoms with van der Waals surface area (Å²) in [7, 11) is 1.88. The van der Waals surface area contributed by atoms with Crippen LogP contribution in [0.25, 0.3) is 0 Å². The Bertz CT molecular complexity index is 801. The van der Waals surface area contributed by atoms with Crippen molar-refractivity contribution in [3.8, 4) is 0 Å². The van der Waals surface area contributed by atoms with Crippen LogP contribution in [0.4, 0.5) is 5.69 Å². The van der Waals surface area contributed by atoms with E-state index >= 15 is 0 Å². The van der Waals surface area contributed by atoms with Crippen LogP contribution in [0.15, 0.2) is 36.7 Å². The molecule has 1 aliphatic rings. The zero-order chi connectivity index (χ0) is 19.4. The van der Waals surface area contributed by atoms with E-state index in [0.717, 1.165) is 12.1 Å². The van der Waals surface area contributed by atoms with E-state index < -0.39 is 0 Å². The molecule has 2 atom stereocenters. The third-order valence-corrected chi connectivity index (χ3v) is 5.15. The Hall–Kier alpha value is -2.38. The molecule has 0 unspecified atom stereocenters. The van der Waals surface area contributed by atoms with Gasteiger partial charge >= 0.3 is 0 Å². The quantitative estimate of drug-likeness (QED) is 0.772. The number of halogens is 1. The van der Waals surface area contributed by atoms with E-state index in [0.29, 0.717) is 30.9 Å². The molecule has 1 aliphatic heterocycles. The van der Waals surface area contributed by atoms with Gasteiger partial charge < -0.3 is 15.5 Å². The molecule has 0 spiro atoms. The van der Waals surface area contributed by atoms with Gasteiger partial charge in [-0.2, -0.15) is 5.10 Å². The lowest BCUT2D eigenvalue weighted by atomic mass is 9.90.